The Morgan fingerprint density at radius 3 is 2.62 bits per heavy atom. The van der Waals surface area contributed by atoms with Crippen LogP contribution >= 0.6 is 11.8 Å². The molecule has 0 aliphatic carbocycles. The predicted octanol–water partition coefficient (Wildman–Crippen LogP) is 4.50. The third-order valence-corrected chi connectivity index (χ3v) is 4.64. The fourth-order valence-electron chi connectivity index (χ4n) is 2.17. The summed E-state index contributed by atoms with van der Waals surface area (Å²) in [7, 11) is 0. The van der Waals surface area contributed by atoms with Crippen molar-refractivity contribution in [2.24, 2.45) is 0 Å². The second-order valence-electron chi connectivity index (χ2n) is 5.40. The third-order valence-electron chi connectivity index (χ3n) is 3.63. The summed E-state index contributed by atoms with van der Waals surface area (Å²) in [6.07, 6.45) is 4.98. The molecule has 2 aromatic heterocycles. The van der Waals surface area contributed by atoms with Crippen molar-refractivity contribution in [3.63, 3.8) is 0 Å². The number of nitrogens with one attached hydrogen (secondary N) is 1. The van der Waals surface area contributed by atoms with Crippen LogP contribution in [-0.2, 0) is 0 Å². The zero-order valence-corrected chi connectivity index (χ0v) is 14.3. The molecule has 120 valence electrons. The fourth-order valence-corrected chi connectivity index (χ4v) is 3.15. The molecule has 0 bridgehead atoms. The van der Waals surface area contributed by atoms with Crippen molar-refractivity contribution in [2.75, 3.05) is 5.32 Å². The number of nitrogens with zero attached hydrogens (tertiary/aromatic N) is 2. The van der Waals surface area contributed by atoms with E-state index in [0.717, 1.165) is 4.90 Å². The van der Waals surface area contributed by atoms with Gasteiger partial charge in [0.05, 0.1) is 17.4 Å². The van der Waals surface area contributed by atoms with Gasteiger partial charge in [-0.1, -0.05) is 17.8 Å². The fraction of sp³-hybridized carbons (Fsp3) is 0.105. The Morgan fingerprint density at radius 2 is 1.88 bits per heavy atom. The highest BCUT2D eigenvalue weighted by Crippen LogP contribution is 2.30. The lowest BCUT2D eigenvalue weighted by Crippen LogP contribution is -2.13. The monoisotopic (exact) mass is 335 g/mol. The van der Waals surface area contributed by atoms with Crippen LogP contribution in [0.3, 0.4) is 0 Å². The van der Waals surface area contributed by atoms with Crippen molar-refractivity contribution in [3.05, 3.63) is 77.7 Å². The molecule has 4 nitrogen and oxygen atoms in total. The molecule has 0 unspecified atom stereocenters. The van der Waals surface area contributed by atoms with Crippen molar-refractivity contribution in [3.8, 4) is 0 Å². The van der Waals surface area contributed by atoms with E-state index in [1.807, 2.05) is 6.07 Å². The van der Waals surface area contributed by atoms with Crippen LogP contribution in [0.1, 0.15) is 21.5 Å². The molecule has 3 rings (SSSR count). The lowest BCUT2D eigenvalue weighted by atomic mass is 10.1. The van der Waals surface area contributed by atoms with E-state index < -0.39 is 0 Å². The van der Waals surface area contributed by atoms with E-state index in [1.54, 1.807) is 42.9 Å². The number of pyridine rings is 2. The first kappa shape index (κ1) is 16.2. The molecule has 1 amide bonds. The first-order valence-electron chi connectivity index (χ1n) is 7.55. The molecule has 0 saturated heterocycles. The maximum absolute atomic E-state index is 12.6. The molecule has 1 aromatic carbocycles. The summed E-state index contributed by atoms with van der Waals surface area (Å²) in [6.45, 7) is 4.16. The number of hydrogen-bond acceptors (Lipinski definition) is 4. The Kier molecular flexibility index (Phi) is 4.91. The minimum Gasteiger partial charge on any atom is -0.321 e. The van der Waals surface area contributed by atoms with Crippen LogP contribution in [0.2, 0.25) is 0 Å². The molecule has 0 fully saturated rings. The van der Waals surface area contributed by atoms with Crippen LogP contribution in [0.25, 0.3) is 0 Å². The minimum absolute atomic E-state index is 0.192. The Morgan fingerprint density at radius 1 is 1.04 bits per heavy atom. The van der Waals surface area contributed by atoms with Crippen LogP contribution < -0.4 is 5.32 Å². The van der Waals surface area contributed by atoms with Crippen molar-refractivity contribution in [1.82, 2.24) is 9.97 Å². The highest BCUT2D eigenvalue weighted by Gasteiger charge is 2.14. The van der Waals surface area contributed by atoms with Crippen molar-refractivity contribution >= 4 is 23.4 Å². The van der Waals surface area contributed by atoms with Gasteiger partial charge in [0.15, 0.2) is 0 Å². The van der Waals surface area contributed by atoms with Crippen LogP contribution in [0.15, 0.2) is 71.0 Å². The van der Waals surface area contributed by atoms with E-state index in [4.69, 9.17) is 0 Å². The van der Waals surface area contributed by atoms with Gasteiger partial charge in [0, 0.05) is 17.3 Å². The highest BCUT2D eigenvalue weighted by atomic mass is 32.2. The number of benzene rings is 1. The zero-order chi connectivity index (χ0) is 16.9. The van der Waals surface area contributed by atoms with Crippen molar-refractivity contribution in [2.45, 2.75) is 23.8 Å². The van der Waals surface area contributed by atoms with E-state index in [2.05, 4.69) is 41.3 Å². The number of rotatable bonds is 4. The molecule has 5 heteroatoms. The normalized spacial score (nSPS) is 10.4. The molecule has 0 saturated carbocycles. The van der Waals surface area contributed by atoms with Crippen molar-refractivity contribution in [1.29, 1.82) is 0 Å². The molecule has 0 atom stereocenters. The predicted molar refractivity (Wildman–Crippen MR) is 96.5 cm³/mol. The Bertz CT molecular complexity index is 865. The van der Waals surface area contributed by atoms with Gasteiger partial charge < -0.3 is 5.32 Å². The minimum atomic E-state index is -0.192. The number of anilines is 1. The Balaban J connectivity index is 1.84. The molecule has 1 N–H and O–H groups in total. The van der Waals surface area contributed by atoms with Gasteiger partial charge in [-0.05, 0) is 61.4 Å². The number of amides is 1. The van der Waals surface area contributed by atoms with Crippen LogP contribution in [0.5, 0.6) is 0 Å². The number of aryl methyl sites for hydroxylation is 2. The van der Waals surface area contributed by atoms with Gasteiger partial charge in [-0.3, -0.25) is 9.78 Å². The molecule has 2 heterocycles. The van der Waals surface area contributed by atoms with Gasteiger partial charge >= 0.3 is 0 Å². The number of hydrogen-bond donors (Lipinski definition) is 1. The number of aromatic nitrogens is 2. The molecule has 3 aromatic rings. The molecular formula is C19H17N3OS. The van der Waals surface area contributed by atoms with Gasteiger partial charge in [-0.15, -0.1) is 0 Å². The standard InChI is InChI=1S/C19H17N3OS/c1-13-7-8-16(11-14(13)2)24-19-17(6-4-10-21-19)18(23)22-15-5-3-9-20-12-15/h3-12H,1-2H3,(H,22,23). The third kappa shape index (κ3) is 3.81. The Hall–Kier alpha value is -2.66. The second-order valence-corrected chi connectivity index (χ2v) is 6.46. The van der Waals surface area contributed by atoms with Gasteiger partial charge in [0.25, 0.3) is 5.91 Å². The summed E-state index contributed by atoms with van der Waals surface area (Å²) in [5.74, 6) is -0.192. The second kappa shape index (κ2) is 7.27. The summed E-state index contributed by atoms with van der Waals surface area (Å²) in [5.41, 5.74) is 3.67. The summed E-state index contributed by atoms with van der Waals surface area (Å²) >= 11 is 1.49. The average molecular weight is 335 g/mol. The molecular weight excluding hydrogens is 318 g/mol. The highest BCUT2D eigenvalue weighted by molar-refractivity contribution is 7.99. The van der Waals surface area contributed by atoms with E-state index in [9.17, 15) is 4.79 Å². The first-order chi connectivity index (χ1) is 11.6. The molecule has 0 aliphatic rings. The zero-order valence-electron chi connectivity index (χ0n) is 13.5. The van der Waals surface area contributed by atoms with Gasteiger partial charge in [0.1, 0.15) is 5.03 Å². The van der Waals surface area contributed by atoms with E-state index in [1.165, 1.54) is 22.9 Å². The average Bonchev–Trinajstić information content (AvgIpc) is 2.59. The van der Waals surface area contributed by atoms with E-state index >= 15 is 0 Å². The van der Waals surface area contributed by atoms with E-state index in [0.29, 0.717) is 16.3 Å². The summed E-state index contributed by atoms with van der Waals surface area (Å²) in [4.78, 5) is 22.0. The van der Waals surface area contributed by atoms with Gasteiger partial charge in [-0.25, -0.2) is 4.98 Å². The SMILES string of the molecule is Cc1ccc(Sc2ncccc2C(=O)Nc2cccnc2)cc1C. The molecule has 0 radical (unpaired) electrons. The lowest BCUT2D eigenvalue weighted by molar-refractivity contribution is 0.102. The van der Waals surface area contributed by atoms with Crippen LogP contribution in [0, 0.1) is 13.8 Å². The maximum atomic E-state index is 12.6. The smallest absolute Gasteiger partial charge is 0.258 e. The summed E-state index contributed by atoms with van der Waals surface area (Å²) in [5, 5.41) is 3.53. The van der Waals surface area contributed by atoms with Gasteiger partial charge in [-0.2, -0.15) is 0 Å². The number of carbonyl (C=O) groups excluding carboxylic acids is 1. The largest absolute Gasteiger partial charge is 0.321 e. The van der Waals surface area contributed by atoms with Crippen LogP contribution in [-0.4, -0.2) is 15.9 Å². The van der Waals surface area contributed by atoms with E-state index in [-0.39, 0.29) is 5.91 Å². The first-order valence-corrected chi connectivity index (χ1v) is 8.36. The maximum Gasteiger partial charge on any atom is 0.258 e. The van der Waals surface area contributed by atoms with Crippen LogP contribution in [0.4, 0.5) is 5.69 Å². The Labute approximate surface area is 145 Å². The molecule has 24 heavy (non-hydrogen) atoms. The quantitative estimate of drug-likeness (QED) is 0.763. The lowest BCUT2D eigenvalue weighted by Gasteiger charge is -2.09. The molecule has 0 spiro atoms. The molecule has 0 aliphatic heterocycles. The summed E-state index contributed by atoms with van der Waals surface area (Å²) < 4.78 is 0. The van der Waals surface area contributed by atoms with Crippen molar-refractivity contribution < 1.29 is 4.79 Å². The number of carbonyl (C=O) groups is 1. The topological polar surface area (TPSA) is 54.9 Å². The summed E-state index contributed by atoms with van der Waals surface area (Å²) in [6, 6.07) is 13.4. The van der Waals surface area contributed by atoms with Gasteiger partial charge in [0.2, 0.25) is 0 Å².